The van der Waals surface area contributed by atoms with Crippen molar-refractivity contribution in [3.05, 3.63) is 53.9 Å². The lowest BCUT2D eigenvalue weighted by Gasteiger charge is -2.05. The summed E-state index contributed by atoms with van der Waals surface area (Å²) < 4.78 is 5.07. The lowest BCUT2D eigenvalue weighted by Crippen LogP contribution is -2.24. The SMILES string of the molecule is O=C(NCCC#Cc1cn[nH]c1)OCc1ccccc1. The number of alkyl carbamates (subject to hydrolysis) is 1. The summed E-state index contributed by atoms with van der Waals surface area (Å²) in [6.07, 6.45) is 3.49. The number of hydrogen-bond donors (Lipinski definition) is 2. The fraction of sp³-hybridized carbons (Fsp3) is 0.200. The van der Waals surface area contributed by atoms with E-state index in [1.807, 2.05) is 30.3 Å². The molecule has 1 amide bonds. The largest absolute Gasteiger partial charge is 0.445 e. The molecule has 0 saturated carbocycles. The van der Waals surface area contributed by atoms with Gasteiger partial charge in [-0.15, -0.1) is 0 Å². The number of aromatic nitrogens is 2. The molecule has 0 bridgehead atoms. The van der Waals surface area contributed by atoms with Crippen LogP contribution in [0.3, 0.4) is 0 Å². The van der Waals surface area contributed by atoms with E-state index in [9.17, 15) is 4.79 Å². The Kier molecular flexibility index (Phi) is 5.23. The summed E-state index contributed by atoms with van der Waals surface area (Å²) in [7, 11) is 0. The minimum absolute atomic E-state index is 0.271. The number of benzene rings is 1. The molecular formula is C15H15N3O2. The lowest BCUT2D eigenvalue weighted by atomic mass is 10.2. The molecule has 5 nitrogen and oxygen atoms in total. The Balaban J connectivity index is 1.61. The molecule has 0 atom stereocenters. The summed E-state index contributed by atoms with van der Waals surface area (Å²) in [4.78, 5) is 11.4. The van der Waals surface area contributed by atoms with E-state index in [2.05, 4.69) is 27.4 Å². The Morgan fingerprint density at radius 3 is 2.95 bits per heavy atom. The van der Waals surface area contributed by atoms with E-state index in [1.165, 1.54) is 0 Å². The average Bonchev–Trinajstić information content (AvgIpc) is 2.99. The molecule has 1 aromatic heterocycles. The Hall–Kier alpha value is -2.74. The first-order valence-corrected chi connectivity index (χ1v) is 6.27. The van der Waals surface area contributed by atoms with E-state index in [4.69, 9.17) is 4.74 Å². The van der Waals surface area contributed by atoms with Crippen molar-refractivity contribution in [2.24, 2.45) is 0 Å². The molecule has 2 aromatic rings. The van der Waals surface area contributed by atoms with E-state index in [-0.39, 0.29) is 6.61 Å². The molecule has 0 saturated heterocycles. The first-order valence-electron chi connectivity index (χ1n) is 6.27. The van der Waals surface area contributed by atoms with Gasteiger partial charge in [0.1, 0.15) is 6.61 Å². The number of rotatable bonds is 4. The molecule has 0 radical (unpaired) electrons. The zero-order valence-corrected chi connectivity index (χ0v) is 10.9. The van der Waals surface area contributed by atoms with Crippen LogP contribution >= 0.6 is 0 Å². The van der Waals surface area contributed by atoms with Crippen molar-refractivity contribution in [1.82, 2.24) is 15.5 Å². The fourth-order valence-corrected chi connectivity index (χ4v) is 1.49. The Morgan fingerprint density at radius 2 is 2.20 bits per heavy atom. The van der Waals surface area contributed by atoms with Crippen molar-refractivity contribution in [1.29, 1.82) is 0 Å². The number of carbonyl (C=O) groups is 1. The molecule has 5 heteroatoms. The third-order valence-corrected chi connectivity index (χ3v) is 2.46. The molecule has 0 unspecified atom stereocenters. The molecule has 0 aliphatic carbocycles. The second-order valence-electron chi connectivity index (χ2n) is 4.03. The molecule has 0 aliphatic rings. The maximum Gasteiger partial charge on any atom is 0.407 e. The maximum absolute atomic E-state index is 11.4. The highest BCUT2D eigenvalue weighted by molar-refractivity contribution is 5.67. The molecule has 0 spiro atoms. The van der Waals surface area contributed by atoms with Gasteiger partial charge in [-0.2, -0.15) is 5.10 Å². The van der Waals surface area contributed by atoms with Crippen molar-refractivity contribution in [3.63, 3.8) is 0 Å². The average molecular weight is 269 g/mol. The number of H-pyrrole nitrogens is 1. The molecule has 1 heterocycles. The molecule has 0 fully saturated rings. The van der Waals surface area contributed by atoms with E-state index >= 15 is 0 Å². The summed E-state index contributed by atoms with van der Waals surface area (Å²) in [5.41, 5.74) is 1.79. The number of nitrogens with zero attached hydrogens (tertiary/aromatic N) is 1. The summed E-state index contributed by atoms with van der Waals surface area (Å²) in [6.45, 7) is 0.728. The smallest absolute Gasteiger partial charge is 0.407 e. The van der Waals surface area contributed by atoms with Gasteiger partial charge in [-0.3, -0.25) is 5.10 Å². The van der Waals surface area contributed by atoms with Crippen LogP contribution in [0.2, 0.25) is 0 Å². The minimum atomic E-state index is -0.432. The van der Waals surface area contributed by atoms with Gasteiger partial charge >= 0.3 is 6.09 Å². The zero-order valence-electron chi connectivity index (χ0n) is 10.9. The second kappa shape index (κ2) is 7.64. The highest BCUT2D eigenvalue weighted by Crippen LogP contribution is 2.00. The Bertz CT molecular complexity index is 583. The molecular weight excluding hydrogens is 254 g/mol. The summed E-state index contributed by atoms with van der Waals surface area (Å²) in [5.74, 6) is 5.86. The Morgan fingerprint density at radius 1 is 1.35 bits per heavy atom. The predicted molar refractivity (Wildman–Crippen MR) is 74.7 cm³/mol. The van der Waals surface area contributed by atoms with Crippen LogP contribution in [0.15, 0.2) is 42.7 Å². The van der Waals surface area contributed by atoms with Gasteiger partial charge in [0.25, 0.3) is 0 Å². The highest BCUT2D eigenvalue weighted by atomic mass is 16.5. The van der Waals surface area contributed by atoms with E-state index < -0.39 is 6.09 Å². The van der Waals surface area contributed by atoms with Gasteiger partial charge in [0.2, 0.25) is 0 Å². The van der Waals surface area contributed by atoms with Crippen molar-refractivity contribution >= 4 is 6.09 Å². The van der Waals surface area contributed by atoms with Gasteiger partial charge < -0.3 is 10.1 Å². The molecule has 2 rings (SSSR count). The zero-order chi connectivity index (χ0) is 14.0. The van der Waals surface area contributed by atoms with Crippen LogP contribution in [0.5, 0.6) is 0 Å². The van der Waals surface area contributed by atoms with Crippen LogP contribution < -0.4 is 5.32 Å². The number of aromatic amines is 1. The van der Waals surface area contributed by atoms with Crippen LogP contribution in [-0.4, -0.2) is 22.8 Å². The molecule has 20 heavy (non-hydrogen) atoms. The third kappa shape index (κ3) is 4.86. The van der Waals surface area contributed by atoms with E-state index in [0.29, 0.717) is 13.0 Å². The van der Waals surface area contributed by atoms with Gasteiger partial charge in [0.15, 0.2) is 0 Å². The lowest BCUT2D eigenvalue weighted by molar-refractivity contribution is 0.140. The quantitative estimate of drug-likeness (QED) is 0.659. The van der Waals surface area contributed by atoms with E-state index in [1.54, 1.807) is 12.4 Å². The first kappa shape index (κ1) is 13.7. The standard InChI is InChI=1S/C15H15N3O2/c19-15(20-12-13-6-2-1-3-7-13)16-9-5-4-8-14-10-17-18-11-14/h1-3,6-7,10-11H,5,9,12H2,(H,16,19)(H,17,18). The van der Waals surface area contributed by atoms with Gasteiger partial charge in [0, 0.05) is 19.2 Å². The van der Waals surface area contributed by atoms with E-state index in [0.717, 1.165) is 11.1 Å². The Labute approximate surface area is 117 Å². The monoisotopic (exact) mass is 269 g/mol. The molecule has 0 aliphatic heterocycles. The van der Waals surface area contributed by atoms with Crippen LogP contribution in [0, 0.1) is 11.8 Å². The van der Waals surface area contributed by atoms with Crippen molar-refractivity contribution in [2.45, 2.75) is 13.0 Å². The van der Waals surface area contributed by atoms with Crippen molar-refractivity contribution in [2.75, 3.05) is 6.54 Å². The van der Waals surface area contributed by atoms with Crippen LogP contribution in [-0.2, 0) is 11.3 Å². The summed E-state index contributed by atoms with van der Waals surface area (Å²) >= 11 is 0. The predicted octanol–water partition coefficient (Wildman–Crippen LogP) is 2.08. The van der Waals surface area contributed by atoms with Gasteiger partial charge in [-0.05, 0) is 5.56 Å². The van der Waals surface area contributed by atoms with Gasteiger partial charge in [-0.1, -0.05) is 42.2 Å². The maximum atomic E-state index is 11.4. The number of carbonyl (C=O) groups excluding carboxylic acids is 1. The molecule has 1 aromatic carbocycles. The summed E-state index contributed by atoms with van der Waals surface area (Å²) in [5, 5.41) is 9.11. The normalized spacial score (nSPS) is 9.40. The first-order chi connectivity index (χ1) is 9.84. The number of ether oxygens (including phenoxy) is 1. The number of nitrogens with one attached hydrogen (secondary N) is 2. The summed E-state index contributed by atoms with van der Waals surface area (Å²) in [6, 6.07) is 9.54. The molecule has 102 valence electrons. The number of amides is 1. The number of hydrogen-bond acceptors (Lipinski definition) is 3. The molecule has 2 N–H and O–H groups in total. The van der Waals surface area contributed by atoms with Crippen LogP contribution in [0.25, 0.3) is 0 Å². The fourth-order valence-electron chi connectivity index (χ4n) is 1.49. The van der Waals surface area contributed by atoms with Crippen molar-refractivity contribution in [3.8, 4) is 11.8 Å². The highest BCUT2D eigenvalue weighted by Gasteiger charge is 2.00. The van der Waals surface area contributed by atoms with Crippen LogP contribution in [0.1, 0.15) is 17.5 Å². The third-order valence-electron chi connectivity index (χ3n) is 2.46. The topological polar surface area (TPSA) is 67.0 Å². The van der Waals surface area contributed by atoms with Gasteiger partial charge in [-0.25, -0.2) is 4.79 Å². The minimum Gasteiger partial charge on any atom is -0.445 e. The van der Waals surface area contributed by atoms with Crippen LogP contribution in [0.4, 0.5) is 4.79 Å². The second-order valence-corrected chi connectivity index (χ2v) is 4.03. The van der Waals surface area contributed by atoms with Crippen molar-refractivity contribution < 1.29 is 9.53 Å². The van der Waals surface area contributed by atoms with Gasteiger partial charge in [0.05, 0.1) is 11.8 Å².